The van der Waals surface area contributed by atoms with Crippen molar-refractivity contribution in [2.45, 2.75) is 0 Å². The number of carbonyl (C=O) groups is 2. The van der Waals surface area contributed by atoms with Gasteiger partial charge in [0, 0.05) is 18.0 Å². The summed E-state index contributed by atoms with van der Waals surface area (Å²) >= 11 is 0. The molecule has 1 aromatic heterocycles. The number of halogens is 1. The highest BCUT2D eigenvalue weighted by atomic mass is 19.1. The van der Waals surface area contributed by atoms with Gasteiger partial charge in [0.1, 0.15) is 11.5 Å². The van der Waals surface area contributed by atoms with E-state index < -0.39 is 17.7 Å². The lowest BCUT2D eigenvalue weighted by molar-refractivity contribution is -0.111. The fraction of sp³-hybridized carbons (Fsp3) is 0. The van der Waals surface area contributed by atoms with Crippen molar-refractivity contribution in [3.8, 4) is 0 Å². The molecule has 0 saturated carbocycles. The molecule has 2 rings (SSSR count). The summed E-state index contributed by atoms with van der Waals surface area (Å²) in [6.07, 6.45) is 3.97. The van der Waals surface area contributed by atoms with Crippen molar-refractivity contribution in [1.29, 1.82) is 0 Å². The molecule has 0 atom stereocenters. The number of anilines is 1. The van der Waals surface area contributed by atoms with Crippen LogP contribution in [0.3, 0.4) is 0 Å². The molecular weight excluding hydrogens is 275 g/mol. The monoisotopic (exact) mass is 286 g/mol. The van der Waals surface area contributed by atoms with Crippen molar-refractivity contribution in [1.82, 2.24) is 4.98 Å². The quantitative estimate of drug-likeness (QED) is 0.847. The number of hydrogen-bond donors (Lipinski definition) is 2. The van der Waals surface area contributed by atoms with Gasteiger partial charge < -0.3 is 10.4 Å². The number of carboxylic acids is 1. The molecule has 2 N–H and O–H groups in total. The standard InChI is InChI=1S/C15H11FN2O3/c16-11-3-1-2-10(8-11)4-5-14(19)18-12-6-7-17-13(9-12)15(20)21/h1-9H,(H,20,21)(H,17,18,19). The van der Waals surface area contributed by atoms with Crippen LogP contribution in [0.15, 0.2) is 48.7 Å². The average Bonchev–Trinajstić information content (AvgIpc) is 2.45. The van der Waals surface area contributed by atoms with Crippen LogP contribution in [-0.4, -0.2) is 22.0 Å². The van der Waals surface area contributed by atoms with Crippen LogP contribution in [-0.2, 0) is 4.79 Å². The van der Waals surface area contributed by atoms with E-state index >= 15 is 0 Å². The molecule has 0 aliphatic carbocycles. The van der Waals surface area contributed by atoms with Crippen LogP contribution >= 0.6 is 0 Å². The van der Waals surface area contributed by atoms with Crippen molar-refractivity contribution in [2.24, 2.45) is 0 Å². The lowest BCUT2D eigenvalue weighted by Gasteiger charge is -2.02. The molecule has 0 aliphatic heterocycles. The summed E-state index contributed by atoms with van der Waals surface area (Å²) in [6.45, 7) is 0. The Morgan fingerprint density at radius 1 is 1.24 bits per heavy atom. The second-order valence-corrected chi connectivity index (χ2v) is 4.11. The maximum absolute atomic E-state index is 13.0. The van der Waals surface area contributed by atoms with Crippen LogP contribution in [0.25, 0.3) is 6.08 Å². The van der Waals surface area contributed by atoms with Gasteiger partial charge in [0.2, 0.25) is 5.91 Å². The maximum atomic E-state index is 13.0. The third-order valence-electron chi connectivity index (χ3n) is 2.52. The summed E-state index contributed by atoms with van der Waals surface area (Å²) in [5.41, 5.74) is 0.698. The second-order valence-electron chi connectivity index (χ2n) is 4.11. The Morgan fingerprint density at radius 2 is 2.05 bits per heavy atom. The van der Waals surface area contributed by atoms with Gasteiger partial charge >= 0.3 is 5.97 Å². The third-order valence-corrected chi connectivity index (χ3v) is 2.52. The van der Waals surface area contributed by atoms with Gasteiger partial charge in [0.25, 0.3) is 0 Å². The number of carboxylic acid groups (broad SMARTS) is 1. The molecular formula is C15H11FN2O3. The molecule has 0 bridgehead atoms. The Kier molecular flexibility index (Phi) is 4.40. The van der Waals surface area contributed by atoms with Gasteiger partial charge in [-0.1, -0.05) is 12.1 Å². The van der Waals surface area contributed by atoms with Crippen molar-refractivity contribution in [2.75, 3.05) is 5.32 Å². The van der Waals surface area contributed by atoms with E-state index in [0.29, 0.717) is 11.3 Å². The molecule has 106 valence electrons. The van der Waals surface area contributed by atoms with E-state index in [4.69, 9.17) is 5.11 Å². The summed E-state index contributed by atoms with van der Waals surface area (Å²) in [4.78, 5) is 26.1. The van der Waals surface area contributed by atoms with Crippen molar-refractivity contribution in [3.05, 3.63) is 65.7 Å². The molecule has 0 aliphatic rings. The number of nitrogens with one attached hydrogen (secondary N) is 1. The number of benzene rings is 1. The van der Waals surface area contributed by atoms with Gasteiger partial charge in [-0.2, -0.15) is 0 Å². The van der Waals surface area contributed by atoms with Crippen molar-refractivity contribution < 1.29 is 19.1 Å². The average molecular weight is 286 g/mol. The molecule has 0 fully saturated rings. The van der Waals surface area contributed by atoms with E-state index in [0.717, 1.165) is 0 Å². The highest BCUT2D eigenvalue weighted by Gasteiger charge is 2.06. The van der Waals surface area contributed by atoms with Gasteiger partial charge in [0.05, 0.1) is 0 Å². The Morgan fingerprint density at radius 3 is 2.76 bits per heavy atom. The highest BCUT2D eigenvalue weighted by molar-refractivity contribution is 6.02. The Labute approximate surface area is 119 Å². The lowest BCUT2D eigenvalue weighted by atomic mass is 10.2. The number of aromatic carboxylic acids is 1. The number of amides is 1. The molecule has 0 unspecified atom stereocenters. The van der Waals surface area contributed by atoms with Crippen molar-refractivity contribution in [3.63, 3.8) is 0 Å². The zero-order valence-corrected chi connectivity index (χ0v) is 10.8. The van der Waals surface area contributed by atoms with Gasteiger partial charge in [-0.3, -0.25) is 4.79 Å². The van der Waals surface area contributed by atoms with Gasteiger partial charge in [-0.15, -0.1) is 0 Å². The van der Waals surface area contributed by atoms with E-state index in [2.05, 4.69) is 10.3 Å². The minimum atomic E-state index is -1.18. The zero-order chi connectivity index (χ0) is 15.2. The Balaban J connectivity index is 2.05. The van der Waals surface area contributed by atoms with Gasteiger partial charge in [-0.25, -0.2) is 14.2 Å². The Hall–Kier alpha value is -3.02. The largest absolute Gasteiger partial charge is 0.477 e. The minimum absolute atomic E-state index is 0.165. The first-order valence-electron chi connectivity index (χ1n) is 5.98. The number of aromatic nitrogens is 1. The number of carbonyl (C=O) groups excluding carboxylic acids is 1. The predicted octanol–water partition coefficient (Wildman–Crippen LogP) is 2.57. The molecule has 0 spiro atoms. The van der Waals surface area contributed by atoms with Crippen LogP contribution < -0.4 is 5.32 Å². The van der Waals surface area contributed by atoms with E-state index in [9.17, 15) is 14.0 Å². The maximum Gasteiger partial charge on any atom is 0.354 e. The number of hydrogen-bond acceptors (Lipinski definition) is 3. The van der Waals surface area contributed by atoms with E-state index in [1.807, 2.05) is 0 Å². The van der Waals surface area contributed by atoms with Crippen LogP contribution in [0.4, 0.5) is 10.1 Å². The number of rotatable bonds is 4. The lowest BCUT2D eigenvalue weighted by Crippen LogP contribution is -2.09. The first kappa shape index (κ1) is 14.4. The number of nitrogens with zero attached hydrogens (tertiary/aromatic N) is 1. The smallest absolute Gasteiger partial charge is 0.354 e. The molecule has 0 radical (unpaired) electrons. The van der Waals surface area contributed by atoms with E-state index in [1.165, 1.54) is 48.7 Å². The van der Waals surface area contributed by atoms with E-state index in [-0.39, 0.29) is 5.69 Å². The molecule has 5 nitrogen and oxygen atoms in total. The van der Waals surface area contributed by atoms with Crippen LogP contribution in [0.5, 0.6) is 0 Å². The topological polar surface area (TPSA) is 79.3 Å². The highest BCUT2D eigenvalue weighted by Crippen LogP contribution is 2.09. The first-order valence-corrected chi connectivity index (χ1v) is 5.98. The summed E-state index contributed by atoms with van der Waals surface area (Å²) in [7, 11) is 0. The molecule has 2 aromatic rings. The Bertz CT molecular complexity index is 714. The SMILES string of the molecule is O=C(C=Cc1cccc(F)c1)Nc1ccnc(C(=O)O)c1. The third kappa shape index (κ3) is 4.24. The first-order chi connectivity index (χ1) is 10.0. The molecule has 21 heavy (non-hydrogen) atoms. The van der Waals surface area contributed by atoms with Crippen molar-refractivity contribution >= 4 is 23.6 Å². The summed E-state index contributed by atoms with van der Waals surface area (Å²) in [5.74, 6) is -2.03. The predicted molar refractivity (Wildman–Crippen MR) is 75.3 cm³/mol. The van der Waals surface area contributed by atoms with Gasteiger partial charge in [-0.05, 0) is 35.9 Å². The summed E-state index contributed by atoms with van der Waals surface area (Å²) < 4.78 is 13.0. The van der Waals surface area contributed by atoms with Crippen LogP contribution in [0.2, 0.25) is 0 Å². The van der Waals surface area contributed by atoms with Crippen LogP contribution in [0, 0.1) is 5.82 Å². The molecule has 1 amide bonds. The fourth-order valence-electron chi connectivity index (χ4n) is 1.59. The van der Waals surface area contributed by atoms with Gasteiger partial charge in [0.15, 0.2) is 0 Å². The molecule has 0 saturated heterocycles. The fourth-order valence-corrected chi connectivity index (χ4v) is 1.59. The summed E-state index contributed by atoms with van der Waals surface area (Å²) in [6, 6.07) is 8.51. The normalized spacial score (nSPS) is 10.5. The molecule has 1 heterocycles. The number of pyridine rings is 1. The second kappa shape index (κ2) is 6.42. The van der Waals surface area contributed by atoms with E-state index in [1.54, 1.807) is 6.07 Å². The molecule has 1 aromatic carbocycles. The minimum Gasteiger partial charge on any atom is -0.477 e. The summed E-state index contributed by atoms with van der Waals surface area (Å²) in [5, 5.41) is 11.3. The zero-order valence-electron chi connectivity index (χ0n) is 10.8. The molecule has 6 heteroatoms. The van der Waals surface area contributed by atoms with Crippen LogP contribution in [0.1, 0.15) is 16.1 Å².